The number of nitrogens with zero attached hydrogens (tertiary/aromatic N) is 1. The number of hydrogen-bond acceptors (Lipinski definition) is 3. The second-order valence-electron chi connectivity index (χ2n) is 6.05. The number of carboxylic acid groups (broad SMARTS) is 1. The van der Waals surface area contributed by atoms with Crippen molar-refractivity contribution in [3.63, 3.8) is 0 Å². The van der Waals surface area contributed by atoms with Gasteiger partial charge < -0.3 is 15.0 Å². The Morgan fingerprint density at radius 2 is 2.22 bits per heavy atom. The van der Waals surface area contributed by atoms with Crippen LogP contribution < -0.4 is 10.9 Å². The second-order valence-corrected chi connectivity index (χ2v) is 6.05. The van der Waals surface area contributed by atoms with E-state index in [-0.39, 0.29) is 28.4 Å². The molecule has 1 aliphatic rings. The van der Waals surface area contributed by atoms with E-state index in [0.29, 0.717) is 5.69 Å². The third kappa shape index (κ3) is 2.43. The predicted molar refractivity (Wildman–Crippen MR) is 85.6 cm³/mol. The molecule has 0 radical (unpaired) electrons. The fourth-order valence-corrected chi connectivity index (χ4v) is 3.60. The summed E-state index contributed by atoms with van der Waals surface area (Å²) >= 11 is 0. The number of hydrogen-bond donors (Lipinski definition) is 2. The molecule has 0 bridgehead atoms. The highest BCUT2D eigenvalue weighted by molar-refractivity contribution is 6.04. The van der Waals surface area contributed by atoms with Crippen molar-refractivity contribution in [1.29, 1.82) is 0 Å². The van der Waals surface area contributed by atoms with Crippen molar-refractivity contribution < 1.29 is 14.3 Å². The van der Waals surface area contributed by atoms with Crippen molar-refractivity contribution in [2.75, 3.05) is 6.54 Å². The fourth-order valence-electron chi connectivity index (χ4n) is 3.60. The molecule has 2 atom stereocenters. The third-order valence-corrected chi connectivity index (χ3v) is 4.74. The molecule has 23 heavy (non-hydrogen) atoms. The molecule has 2 aromatic rings. The molecular formula is C17H19FN2O3. The number of halogens is 1. The van der Waals surface area contributed by atoms with Crippen LogP contribution in [-0.4, -0.2) is 28.2 Å². The van der Waals surface area contributed by atoms with Crippen LogP contribution in [0, 0.1) is 12.7 Å². The minimum atomic E-state index is -1.15. The molecule has 1 aliphatic heterocycles. The van der Waals surface area contributed by atoms with Crippen LogP contribution >= 0.6 is 0 Å². The first-order valence-corrected chi connectivity index (χ1v) is 7.73. The maximum atomic E-state index is 14.2. The lowest BCUT2D eigenvalue weighted by atomic mass is 10.0. The van der Waals surface area contributed by atoms with Crippen LogP contribution in [0.15, 0.2) is 23.0 Å². The Hall–Kier alpha value is -2.21. The molecule has 1 unspecified atom stereocenters. The van der Waals surface area contributed by atoms with Gasteiger partial charge in [-0.1, -0.05) is 12.1 Å². The average Bonchev–Trinajstić information content (AvgIpc) is 3.00. The van der Waals surface area contributed by atoms with E-state index in [1.54, 1.807) is 6.92 Å². The molecule has 0 amide bonds. The first-order valence-electron chi connectivity index (χ1n) is 7.73. The molecule has 122 valence electrons. The van der Waals surface area contributed by atoms with Crippen LogP contribution in [0.5, 0.6) is 0 Å². The highest BCUT2D eigenvalue weighted by Crippen LogP contribution is 2.26. The summed E-state index contributed by atoms with van der Waals surface area (Å²) in [4.78, 5) is 24.5. The Morgan fingerprint density at radius 3 is 2.83 bits per heavy atom. The van der Waals surface area contributed by atoms with Crippen LogP contribution in [-0.2, 0) is 0 Å². The number of benzene rings is 1. The van der Waals surface area contributed by atoms with Crippen molar-refractivity contribution in [1.82, 2.24) is 9.88 Å². The first kappa shape index (κ1) is 15.7. The highest BCUT2D eigenvalue weighted by atomic mass is 19.1. The molecule has 2 heterocycles. The van der Waals surface area contributed by atoms with E-state index in [4.69, 9.17) is 0 Å². The van der Waals surface area contributed by atoms with Crippen molar-refractivity contribution >= 4 is 16.7 Å². The van der Waals surface area contributed by atoms with Gasteiger partial charge in [-0.05, 0) is 39.3 Å². The van der Waals surface area contributed by atoms with Crippen molar-refractivity contribution in [2.45, 2.75) is 38.8 Å². The van der Waals surface area contributed by atoms with Gasteiger partial charge in [0.1, 0.15) is 5.82 Å². The Morgan fingerprint density at radius 1 is 1.48 bits per heavy atom. The molecule has 0 saturated carbocycles. The number of aromatic nitrogens is 1. The lowest BCUT2D eigenvalue weighted by molar-refractivity contribution is 0.0697. The summed E-state index contributed by atoms with van der Waals surface area (Å²) in [6.45, 7) is 4.35. The number of rotatable bonds is 3. The molecule has 1 aromatic heterocycles. The van der Waals surface area contributed by atoms with Gasteiger partial charge in [0.25, 0.3) is 5.56 Å². The normalized spacial score (nSPS) is 19.2. The molecule has 0 aliphatic carbocycles. The van der Waals surface area contributed by atoms with E-state index in [1.165, 1.54) is 22.8 Å². The zero-order valence-electron chi connectivity index (χ0n) is 13.1. The summed E-state index contributed by atoms with van der Waals surface area (Å²) in [6.07, 6.45) is 1.92. The van der Waals surface area contributed by atoms with Crippen molar-refractivity contribution in [3.8, 4) is 0 Å². The summed E-state index contributed by atoms with van der Waals surface area (Å²) in [7, 11) is 0. The van der Waals surface area contributed by atoms with Gasteiger partial charge in [-0.25, -0.2) is 9.18 Å². The van der Waals surface area contributed by atoms with Gasteiger partial charge in [0.15, 0.2) is 0 Å². The van der Waals surface area contributed by atoms with E-state index in [0.717, 1.165) is 19.4 Å². The average molecular weight is 318 g/mol. The molecule has 1 fully saturated rings. The van der Waals surface area contributed by atoms with Crippen LogP contribution in [0.4, 0.5) is 4.39 Å². The fraction of sp³-hybridized carbons (Fsp3) is 0.412. The number of carboxylic acids is 1. The second kappa shape index (κ2) is 5.77. The molecule has 1 aromatic carbocycles. The number of fused-ring (bicyclic) bond motifs is 1. The largest absolute Gasteiger partial charge is 0.478 e. The molecule has 5 nitrogen and oxygen atoms in total. The van der Waals surface area contributed by atoms with Gasteiger partial charge in [-0.2, -0.15) is 0 Å². The van der Waals surface area contributed by atoms with E-state index in [2.05, 4.69) is 5.32 Å². The standard InChI is InChI=1S/C17H19FN2O3/c1-9(13-7-4-8-19-13)20-10(2)14(17(22)23)11-5-3-6-12(18)15(11)16(20)21/h3,5-6,9,13,19H,4,7-8H2,1-2H3,(H,22,23)/t9?,13-/m1/s1. The molecule has 3 rings (SSSR count). The van der Waals surface area contributed by atoms with Gasteiger partial charge >= 0.3 is 5.97 Å². The Bertz CT molecular complexity index is 838. The smallest absolute Gasteiger partial charge is 0.338 e. The van der Waals surface area contributed by atoms with Crippen LogP contribution in [0.2, 0.25) is 0 Å². The van der Waals surface area contributed by atoms with E-state index in [1.807, 2.05) is 6.92 Å². The quantitative estimate of drug-likeness (QED) is 0.912. The number of carbonyl (C=O) groups is 1. The topological polar surface area (TPSA) is 71.3 Å². The Balaban J connectivity index is 2.36. The summed E-state index contributed by atoms with van der Waals surface area (Å²) in [6, 6.07) is 3.94. The number of nitrogens with one attached hydrogen (secondary N) is 1. The van der Waals surface area contributed by atoms with Gasteiger partial charge in [0.05, 0.1) is 10.9 Å². The maximum absolute atomic E-state index is 14.2. The van der Waals surface area contributed by atoms with Crippen LogP contribution in [0.1, 0.15) is 41.9 Å². The maximum Gasteiger partial charge on any atom is 0.338 e. The van der Waals surface area contributed by atoms with Crippen molar-refractivity contribution in [3.05, 3.63) is 45.6 Å². The summed E-state index contributed by atoms with van der Waals surface area (Å²) in [5.74, 6) is -1.84. The number of pyridine rings is 1. The van der Waals surface area contributed by atoms with Gasteiger partial charge in [0, 0.05) is 23.2 Å². The zero-order valence-corrected chi connectivity index (χ0v) is 13.1. The summed E-state index contributed by atoms with van der Waals surface area (Å²) in [5, 5.41) is 12.9. The molecule has 2 N–H and O–H groups in total. The van der Waals surface area contributed by atoms with E-state index < -0.39 is 17.3 Å². The minimum Gasteiger partial charge on any atom is -0.478 e. The Labute approximate surface area is 132 Å². The van der Waals surface area contributed by atoms with Gasteiger partial charge in [-0.15, -0.1) is 0 Å². The molecular weight excluding hydrogens is 299 g/mol. The zero-order chi connectivity index (χ0) is 16.7. The monoisotopic (exact) mass is 318 g/mol. The lowest BCUT2D eigenvalue weighted by Crippen LogP contribution is -2.38. The van der Waals surface area contributed by atoms with Gasteiger partial charge in [-0.3, -0.25) is 4.79 Å². The SMILES string of the molecule is Cc1c(C(=O)O)c2cccc(F)c2c(=O)n1C(C)[C@H]1CCCN1. The van der Waals surface area contributed by atoms with Gasteiger partial charge in [0.2, 0.25) is 0 Å². The lowest BCUT2D eigenvalue weighted by Gasteiger charge is -2.26. The third-order valence-electron chi connectivity index (χ3n) is 4.74. The van der Waals surface area contributed by atoms with Crippen molar-refractivity contribution in [2.24, 2.45) is 0 Å². The molecule has 0 spiro atoms. The first-order chi connectivity index (χ1) is 10.9. The minimum absolute atomic E-state index is 0.0102. The van der Waals surface area contributed by atoms with Crippen LogP contribution in [0.25, 0.3) is 10.8 Å². The predicted octanol–water partition coefficient (Wildman–Crippen LogP) is 2.46. The molecule has 1 saturated heterocycles. The summed E-state index contributed by atoms with van der Waals surface area (Å²) < 4.78 is 15.6. The summed E-state index contributed by atoms with van der Waals surface area (Å²) in [5.41, 5.74) is -0.118. The van der Waals surface area contributed by atoms with Crippen LogP contribution in [0.3, 0.4) is 0 Å². The Kier molecular flexibility index (Phi) is 3.93. The highest BCUT2D eigenvalue weighted by Gasteiger charge is 2.28. The van der Waals surface area contributed by atoms with E-state index >= 15 is 0 Å². The van der Waals surface area contributed by atoms with E-state index in [9.17, 15) is 19.1 Å². The number of aromatic carboxylic acids is 1. The molecule has 6 heteroatoms.